The molecule has 3 saturated heterocycles. The number of alkyl halides is 1. The number of benzene rings is 1. The van der Waals surface area contributed by atoms with Gasteiger partial charge in [0, 0.05) is 55.7 Å². The molecule has 4 fully saturated rings. The average Bonchev–Trinajstić information content (AvgIpc) is 3.56. The van der Waals surface area contributed by atoms with E-state index in [2.05, 4.69) is 26.2 Å². The van der Waals surface area contributed by atoms with Gasteiger partial charge in [-0.25, -0.2) is 13.8 Å². The minimum Gasteiger partial charge on any atom is -0.461 e. The van der Waals surface area contributed by atoms with Gasteiger partial charge in [-0.3, -0.25) is 4.90 Å². The summed E-state index contributed by atoms with van der Waals surface area (Å²) in [5, 5.41) is 12.8. The number of rotatable bonds is 7. The zero-order valence-corrected chi connectivity index (χ0v) is 24.2. The number of hydrogen-bond acceptors (Lipinski definition) is 11. The Morgan fingerprint density at radius 2 is 2.02 bits per heavy atom. The Labute approximate surface area is 252 Å². The average molecular weight is 602 g/mol. The highest BCUT2D eigenvalue weighted by Crippen LogP contribution is 2.46. The summed E-state index contributed by atoms with van der Waals surface area (Å²) in [6.07, 6.45) is 3.81. The lowest BCUT2D eigenvalue weighted by Gasteiger charge is -2.34. The van der Waals surface area contributed by atoms with Crippen molar-refractivity contribution in [2.75, 3.05) is 50.0 Å². The van der Waals surface area contributed by atoms with Crippen LogP contribution in [0.5, 0.6) is 6.01 Å². The van der Waals surface area contributed by atoms with Crippen LogP contribution in [0.1, 0.15) is 50.1 Å². The Hall–Kier alpha value is -4.15. The first-order valence-electron chi connectivity index (χ1n) is 15.4. The number of nitrogens with one attached hydrogen (secondary N) is 1. The molecule has 44 heavy (non-hydrogen) atoms. The van der Waals surface area contributed by atoms with Crippen molar-refractivity contribution in [1.29, 1.82) is 5.26 Å². The van der Waals surface area contributed by atoms with Gasteiger partial charge in [-0.15, -0.1) is 0 Å². The molecule has 1 aliphatic carbocycles. The van der Waals surface area contributed by atoms with Crippen molar-refractivity contribution < 1.29 is 17.9 Å². The van der Waals surface area contributed by atoms with Crippen molar-refractivity contribution in [3.05, 3.63) is 29.7 Å². The largest absolute Gasteiger partial charge is 0.461 e. The van der Waals surface area contributed by atoms with E-state index in [1.165, 1.54) is 6.07 Å². The summed E-state index contributed by atoms with van der Waals surface area (Å²) in [6, 6.07) is 7.33. The number of ether oxygens (including phenoxy) is 1. The second-order valence-corrected chi connectivity index (χ2v) is 12.5. The highest BCUT2D eigenvalue weighted by molar-refractivity contribution is 5.97. The van der Waals surface area contributed by atoms with Gasteiger partial charge in [0.25, 0.3) is 6.01 Å². The minimum absolute atomic E-state index is 0.00157. The molecule has 4 aliphatic rings. The fourth-order valence-electron chi connectivity index (χ4n) is 7.33. The molecular weight excluding hydrogens is 568 g/mol. The molecule has 1 aromatic carbocycles. The van der Waals surface area contributed by atoms with Gasteiger partial charge in [-0.2, -0.15) is 20.2 Å². The number of aromatic nitrogens is 4. The standard InChI is InChI=1S/C31H33F2N9O2/c32-18-13-31(7-1-10-42(31)14-18)16-43-30-37-23-12-21(20-4-5-22(33)27-25(20)39-29(35)44-27)24(17-2-3-17)38-26(23)28(40-30)41-11-9-36-19(15-41)6-8-34/h4-5,12,17-19,36H,1-3,6-7,9-11,13-16H2,(H2,35,39)/t18-,19+,31?/m1/s1. The zero-order valence-electron chi connectivity index (χ0n) is 24.2. The van der Waals surface area contributed by atoms with Crippen LogP contribution in [0, 0.1) is 17.1 Å². The van der Waals surface area contributed by atoms with E-state index in [1.807, 2.05) is 6.07 Å². The van der Waals surface area contributed by atoms with E-state index in [9.17, 15) is 14.0 Å². The maximum Gasteiger partial charge on any atom is 0.319 e. The first-order chi connectivity index (χ1) is 21.4. The summed E-state index contributed by atoms with van der Waals surface area (Å²) in [5.74, 6) is 0.345. The third-order valence-electron chi connectivity index (χ3n) is 9.55. The maximum absolute atomic E-state index is 14.6. The van der Waals surface area contributed by atoms with Crippen LogP contribution in [-0.4, -0.2) is 81.9 Å². The summed E-state index contributed by atoms with van der Waals surface area (Å²) >= 11 is 0. The van der Waals surface area contributed by atoms with Crippen LogP contribution in [0.2, 0.25) is 0 Å². The highest BCUT2D eigenvalue weighted by Gasteiger charge is 2.49. The molecule has 11 nitrogen and oxygen atoms in total. The first-order valence-corrected chi connectivity index (χ1v) is 15.4. The van der Waals surface area contributed by atoms with Crippen molar-refractivity contribution in [2.45, 2.75) is 62.2 Å². The molecule has 3 N–H and O–H groups in total. The van der Waals surface area contributed by atoms with Crippen LogP contribution < -0.4 is 20.7 Å². The third kappa shape index (κ3) is 4.68. The molecule has 13 heteroatoms. The van der Waals surface area contributed by atoms with Crippen molar-refractivity contribution in [3.63, 3.8) is 0 Å². The molecule has 228 valence electrons. The van der Waals surface area contributed by atoms with Gasteiger partial charge in [0.1, 0.15) is 23.8 Å². The summed E-state index contributed by atoms with van der Waals surface area (Å²) < 4.78 is 40.8. The maximum atomic E-state index is 14.6. The number of piperazine rings is 1. The lowest BCUT2D eigenvalue weighted by Crippen LogP contribution is -2.51. The zero-order chi connectivity index (χ0) is 30.0. The number of pyridine rings is 1. The Kier molecular flexibility index (Phi) is 6.53. The van der Waals surface area contributed by atoms with Gasteiger partial charge in [0.05, 0.1) is 29.2 Å². The van der Waals surface area contributed by atoms with E-state index in [-0.39, 0.29) is 35.1 Å². The summed E-state index contributed by atoms with van der Waals surface area (Å²) in [4.78, 5) is 23.6. The smallest absolute Gasteiger partial charge is 0.319 e. The molecular formula is C31H33F2N9O2. The normalized spacial score (nSPS) is 25.5. The van der Waals surface area contributed by atoms with Crippen LogP contribution in [0.3, 0.4) is 0 Å². The van der Waals surface area contributed by atoms with Crippen LogP contribution >= 0.6 is 0 Å². The number of nitrogens with two attached hydrogens (primary N) is 1. The molecule has 0 bridgehead atoms. The number of hydrogen-bond donors (Lipinski definition) is 2. The van der Waals surface area contributed by atoms with E-state index >= 15 is 0 Å². The molecule has 6 heterocycles. The fourth-order valence-corrected chi connectivity index (χ4v) is 7.33. The van der Waals surface area contributed by atoms with Gasteiger partial charge in [0.2, 0.25) is 0 Å². The number of nitrogens with zero attached hydrogens (tertiary/aromatic N) is 7. The lowest BCUT2D eigenvalue weighted by atomic mass is 9.95. The van der Waals surface area contributed by atoms with Crippen LogP contribution in [0.15, 0.2) is 22.6 Å². The molecule has 0 radical (unpaired) electrons. The molecule has 0 amide bonds. The first kappa shape index (κ1) is 27.4. The molecule has 0 spiro atoms. The van der Waals surface area contributed by atoms with Crippen LogP contribution in [0.25, 0.3) is 33.3 Å². The molecule has 4 aromatic rings. The van der Waals surface area contributed by atoms with E-state index in [0.29, 0.717) is 73.6 Å². The van der Waals surface area contributed by atoms with Crippen LogP contribution in [-0.2, 0) is 0 Å². The Bertz CT molecular complexity index is 1800. The second-order valence-electron chi connectivity index (χ2n) is 12.5. The van der Waals surface area contributed by atoms with Crippen molar-refractivity contribution in [3.8, 4) is 23.2 Å². The van der Waals surface area contributed by atoms with Gasteiger partial charge < -0.3 is 25.1 Å². The topological polar surface area (TPSA) is 142 Å². The van der Waals surface area contributed by atoms with Gasteiger partial charge in [-0.05, 0) is 50.4 Å². The number of nitrogen functional groups attached to an aromatic ring is 1. The summed E-state index contributed by atoms with van der Waals surface area (Å²) in [7, 11) is 0. The number of nitriles is 1. The van der Waals surface area contributed by atoms with E-state index < -0.39 is 12.0 Å². The number of halogens is 2. The predicted molar refractivity (Wildman–Crippen MR) is 159 cm³/mol. The Morgan fingerprint density at radius 3 is 2.86 bits per heavy atom. The van der Waals surface area contributed by atoms with E-state index in [4.69, 9.17) is 29.8 Å². The second kappa shape index (κ2) is 10.5. The Morgan fingerprint density at radius 1 is 1.14 bits per heavy atom. The molecule has 1 saturated carbocycles. The number of anilines is 2. The molecule has 3 atom stereocenters. The van der Waals surface area contributed by atoms with Crippen molar-refractivity contribution in [2.24, 2.45) is 0 Å². The Balaban J connectivity index is 1.26. The van der Waals surface area contributed by atoms with Crippen molar-refractivity contribution >= 4 is 34.0 Å². The van der Waals surface area contributed by atoms with E-state index in [0.717, 1.165) is 43.5 Å². The third-order valence-corrected chi connectivity index (χ3v) is 9.55. The van der Waals surface area contributed by atoms with Gasteiger partial charge in [-0.1, -0.05) is 0 Å². The minimum atomic E-state index is -0.865. The monoisotopic (exact) mass is 601 g/mol. The predicted octanol–water partition coefficient (Wildman–Crippen LogP) is 4.08. The van der Waals surface area contributed by atoms with E-state index in [1.54, 1.807) is 6.07 Å². The quantitative estimate of drug-likeness (QED) is 0.316. The highest BCUT2D eigenvalue weighted by atomic mass is 19.1. The van der Waals surface area contributed by atoms with Gasteiger partial charge in [0.15, 0.2) is 17.2 Å². The van der Waals surface area contributed by atoms with Gasteiger partial charge >= 0.3 is 6.01 Å². The van der Waals surface area contributed by atoms with Crippen LogP contribution in [0.4, 0.5) is 20.6 Å². The number of fused-ring (bicyclic) bond motifs is 3. The molecule has 3 aliphatic heterocycles. The fraction of sp³-hybridized carbons (Fsp3) is 0.516. The molecule has 1 unspecified atom stereocenters. The lowest BCUT2D eigenvalue weighted by molar-refractivity contribution is 0.107. The molecule has 8 rings (SSSR count). The number of oxazole rings is 1. The SMILES string of the molecule is N#CC[C@H]1CN(c2nc(OCC34CCCN3C[C@H](F)C4)nc3cc(-c4ccc(F)c5oc(N)nc45)c(C4CC4)nc23)CCN1. The summed E-state index contributed by atoms with van der Waals surface area (Å²) in [5.41, 5.74) is 9.36. The van der Waals surface area contributed by atoms with Crippen molar-refractivity contribution in [1.82, 2.24) is 30.2 Å². The molecule has 3 aromatic heterocycles. The summed E-state index contributed by atoms with van der Waals surface area (Å²) in [6.45, 7) is 3.55.